The topological polar surface area (TPSA) is 8.29 Å². The Morgan fingerprint density at radius 2 is 1.68 bits per heavy atom. The highest BCUT2D eigenvalue weighted by atomic mass is 15.0. The second-order valence-corrected chi connectivity index (χ2v) is 8.44. The number of aromatic nitrogens is 2. The number of rotatable bonds is 1. The first-order chi connectivity index (χ1) is 13.6. The van der Waals surface area contributed by atoms with E-state index < -0.39 is 0 Å². The normalized spacial score (nSPS) is 12.6. The van der Waals surface area contributed by atoms with E-state index in [0.29, 0.717) is 5.92 Å². The Balaban J connectivity index is 2.10. The van der Waals surface area contributed by atoms with Crippen molar-refractivity contribution in [1.82, 2.24) is 4.40 Å². The van der Waals surface area contributed by atoms with Crippen LogP contribution in [0.1, 0.15) is 30.9 Å². The smallest absolute Gasteiger partial charge is 0.224 e. The van der Waals surface area contributed by atoms with Gasteiger partial charge < -0.3 is 4.40 Å². The molecule has 0 fully saturated rings. The molecule has 0 radical (unpaired) electrons. The summed E-state index contributed by atoms with van der Waals surface area (Å²) in [7, 11) is 2.17. The first-order valence-corrected chi connectivity index (χ1v) is 10.1. The van der Waals surface area contributed by atoms with Crippen LogP contribution in [0.5, 0.6) is 0 Å². The summed E-state index contributed by atoms with van der Waals surface area (Å²) in [5.74, 6) is 0.495. The summed E-state index contributed by atoms with van der Waals surface area (Å²) in [6.07, 6.45) is 2.21. The zero-order valence-corrected chi connectivity index (χ0v) is 16.7. The predicted molar refractivity (Wildman–Crippen MR) is 119 cm³/mol. The highest BCUT2D eigenvalue weighted by molar-refractivity contribution is 6.25. The van der Waals surface area contributed by atoms with Crippen molar-refractivity contribution < 1.29 is 4.57 Å². The monoisotopic (exact) mass is 363 g/mol. The van der Waals surface area contributed by atoms with Gasteiger partial charge in [0.05, 0.1) is 27.3 Å². The molecule has 0 aliphatic rings. The van der Waals surface area contributed by atoms with Crippen molar-refractivity contribution in [1.29, 1.82) is 0 Å². The average Bonchev–Trinajstić information content (AvgIpc) is 3.03. The number of hydrogen-bond donors (Lipinski definition) is 0. The van der Waals surface area contributed by atoms with Gasteiger partial charge in [0.2, 0.25) is 5.52 Å². The van der Waals surface area contributed by atoms with Gasteiger partial charge in [-0.05, 0) is 41.5 Å². The molecule has 0 saturated heterocycles. The van der Waals surface area contributed by atoms with E-state index in [1.165, 1.54) is 60.1 Å². The first-order valence-electron chi connectivity index (χ1n) is 10.1. The van der Waals surface area contributed by atoms with Crippen LogP contribution in [-0.2, 0) is 7.05 Å². The molecule has 6 rings (SSSR count). The Labute approximate surface area is 164 Å². The predicted octanol–water partition coefficient (Wildman–Crippen LogP) is 6.25. The molecule has 6 aromatic rings. The number of nitrogens with zero attached hydrogens (tertiary/aromatic N) is 2. The number of pyridine rings is 2. The van der Waals surface area contributed by atoms with Crippen molar-refractivity contribution in [2.45, 2.75) is 26.7 Å². The second-order valence-electron chi connectivity index (χ2n) is 8.44. The molecule has 0 aliphatic heterocycles. The lowest BCUT2D eigenvalue weighted by molar-refractivity contribution is -0.643. The van der Waals surface area contributed by atoms with Crippen LogP contribution < -0.4 is 4.57 Å². The molecule has 0 N–H and O–H groups in total. The van der Waals surface area contributed by atoms with Crippen molar-refractivity contribution in [3.8, 4) is 0 Å². The molecule has 0 unspecified atom stereocenters. The molecular formula is C26H23N2+. The van der Waals surface area contributed by atoms with Gasteiger partial charge in [0, 0.05) is 16.8 Å². The van der Waals surface area contributed by atoms with Gasteiger partial charge in [0.15, 0.2) is 6.20 Å². The minimum atomic E-state index is 0.495. The van der Waals surface area contributed by atoms with Crippen molar-refractivity contribution in [2.24, 2.45) is 7.05 Å². The van der Waals surface area contributed by atoms with Gasteiger partial charge in [0.1, 0.15) is 7.05 Å². The molecule has 0 amide bonds. The molecule has 2 nitrogen and oxygen atoms in total. The van der Waals surface area contributed by atoms with Gasteiger partial charge in [-0.25, -0.2) is 4.57 Å². The maximum absolute atomic E-state index is 2.51. The summed E-state index contributed by atoms with van der Waals surface area (Å²) in [6, 6.07) is 20.4. The third-order valence-electron chi connectivity index (χ3n) is 6.43. The van der Waals surface area contributed by atoms with E-state index >= 15 is 0 Å². The number of fused-ring (bicyclic) bond motifs is 5. The van der Waals surface area contributed by atoms with Gasteiger partial charge >= 0.3 is 0 Å². The highest BCUT2D eigenvalue weighted by Crippen LogP contribution is 2.41. The molecular weight excluding hydrogens is 340 g/mol. The van der Waals surface area contributed by atoms with Crippen LogP contribution in [0.3, 0.4) is 0 Å². The van der Waals surface area contributed by atoms with E-state index in [2.05, 4.69) is 97.6 Å². The lowest BCUT2D eigenvalue weighted by Gasteiger charge is -2.15. The van der Waals surface area contributed by atoms with Gasteiger partial charge in [-0.2, -0.15) is 0 Å². The number of hydrogen-bond acceptors (Lipinski definition) is 0. The summed E-state index contributed by atoms with van der Waals surface area (Å²) in [4.78, 5) is 0. The lowest BCUT2D eigenvalue weighted by atomic mass is 9.95. The molecule has 3 aromatic carbocycles. The molecule has 0 spiro atoms. The molecule has 28 heavy (non-hydrogen) atoms. The number of para-hydroxylation sites is 1. The van der Waals surface area contributed by atoms with E-state index in [1.54, 1.807) is 0 Å². The van der Waals surface area contributed by atoms with Gasteiger partial charge in [-0.1, -0.05) is 50.2 Å². The second kappa shape index (κ2) is 5.23. The highest BCUT2D eigenvalue weighted by Gasteiger charge is 2.24. The third-order valence-corrected chi connectivity index (χ3v) is 6.43. The zero-order chi connectivity index (χ0) is 19.2. The summed E-state index contributed by atoms with van der Waals surface area (Å²) in [5.41, 5.74) is 8.02. The standard InChI is InChI=1S/C26H23N2/c1-15(2)18-13-17-11-12-27(4)26-23-16(3)9-10-20-19-7-5-6-8-21(19)28(25(20)23)22(14-18)24(17)26/h5-15H,1-4H3/q+1. The quantitative estimate of drug-likeness (QED) is 0.185. The Kier molecular flexibility index (Phi) is 2.97. The molecule has 0 saturated carbocycles. The van der Waals surface area contributed by atoms with E-state index in [9.17, 15) is 0 Å². The SMILES string of the molecule is Cc1ccc2c3ccccc3n3c4cc(C(C)C)cc5cc[n+](C)c(c1c23)c54. The van der Waals surface area contributed by atoms with Gasteiger partial charge in [-0.15, -0.1) is 0 Å². The maximum Gasteiger partial charge on any atom is 0.224 e. The van der Waals surface area contributed by atoms with Crippen LogP contribution in [0.4, 0.5) is 0 Å². The Morgan fingerprint density at radius 3 is 2.50 bits per heavy atom. The van der Waals surface area contributed by atoms with E-state index in [1.807, 2.05) is 0 Å². The molecule has 0 aliphatic carbocycles. The third kappa shape index (κ3) is 1.80. The van der Waals surface area contributed by atoms with Crippen LogP contribution in [0.15, 0.2) is 60.8 Å². The van der Waals surface area contributed by atoms with Crippen LogP contribution in [0.2, 0.25) is 0 Å². The van der Waals surface area contributed by atoms with Crippen LogP contribution in [0.25, 0.3) is 49.0 Å². The van der Waals surface area contributed by atoms with Crippen LogP contribution >= 0.6 is 0 Å². The molecule has 136 valence electrons. The fourth-order valence-corrected chi connectivity index (χ4v) is 5.02. The minimum Gasteiger partial charge on any atom is -0.307 e. The van der Waals surface area contributed by atoms with Crippen molar-refractivity contribution in [3.05, 3.63) is 71.9 Å². The Bertz CT molecular complexity index is 1550. The maximum atomic E-state index is 2.51. The fourth-order valence-electron chi connectivity index (χ4n) is 5.02. The molecule has 0 bridgehead atoms. The van der Waals surface area contributed by atoms with E-state index in [0.717, 1.165) is 0 Å². The zero-order valence-electron chi connectivity index (χ0n) is 16.7. The van der Waals surface area contributed by atoms with Gasteiger partial charge in [0.25, 0.3) is 0 Å². The summed E-state index contributed by atoms with van der Waals surface area (Å²) in [5, 5.41) is 6.73. The summed E-state index contributed by atoms with van der Waals surface area (Å²) < 4.78 is 4.80. The lowest BCUT2D eigenvalue weighted by Crippen LogP contribution is -2.29. The fraction of sp³-hybridized carbons (Fsp3) is 0.192. The van der Waals surface area contributed by atoms with E-state index in [-0.39, 0.29) is 0 Å². The van der Waals surface area contributed by atoms with Crippen LogP contribution in [0, 0.1) is 6.92 Å². The summed E-state index contributed by atoms with van der Waals surface area (Å²) >= 11 is 0. The molecule has 0 atom stereocenters. The number of benzene rings is 3. The van der Waals surface area contributed by atoms with Crippen molar-refractivity contribution >= 4 is 49.0 Å². The number of aryl methyl sites for hydroxylation is 2. The summed E-state index contributed by atoms with van der Waals surface area (Å²) in [6.45, 7) is 6.80. The van der Waals surface area contributed by atoms with Crippen LogP contribution in [-0.4, -0.2) is 4.40 Å². The first kappa shape index (κ1) is 15.9. The molecule has 3 heterocycles. The van der Waals surface area contributed by atoms with Crippen molar-refractivity contribution in [3.63, 3.8) is 0 Å². The van der Waals surface area contributed by atoms with Gasteiger partial charge in [-0.3, -0.25) is 0 Å². The minimum absolute atomic E-state index is 0.495. The molecule has 3 aromatic heterocycles. The van der Waals surface area contributed by atoms with Crippen molar-refractivity contribution in [2.75, 3.05) is 0 Å². The average molecular weight is 363 g/mol. The Morgan fingerprint density at radius 1 is 0.857 bits per heavy atom. The largest absolute Gasteiger partial charge is 0.307 e. The Hall–Kier alpha value is -3.13. The molecule has 2 heteroatoms. The van der Waals surface area contributed by atoms with E-state index in [4.69, 9.17) is 0 Å².